The molecule has 1 saturated heterocycles. The second kappa shape index (κ2) is 4.83. The number of carboxylic acid groups (broad SMARTS) is 1. The van der Waals surface area contributed by atoms with E-state index in [9.17, 15) is 14.7 Å². The smallest absolute Gasteiger partial charge is 0.326 e. The van der Waals surface area contributed by atoms with Gasteiger partial charge in [0.25, 0.3) is 5.91 Å². The van der Waals surface area contributed by atoms with Crippen LogP contribution in [0, 0.1) is 13.8 Å². The van der Waals surface area contributed by atoms with Gasteiger partial charge in [-0.05, 0) is 26.7 Å². The maximum atomic E-state index is 12.6. The Morgan fingerprint density at radius 2 is 2.14 bits per heavy atom. The highest BCUT2D eigenvalue weighted by Crippen LogP contribution is 2.22. The van der Waals surface area contributed by atoms with Crippen molar-refractivity contribution in [1.82, 2.24) is 19.5 Å². The van der Waals surface area contributed by atoms with Gasteiger partial charge in [-0.15, -0.1) is 0 Å². The van der Waals surface area contributed by atoms with Crippen LogP contribution in [-0.2, 0) is 4.79 Å². The van der Waals surface area contributed by atoms with Crippen LogP contribution in [0.5, 0.6) is 0 Å². The van der Waals surface area contributed by atoms with E-state index in [0.29, 0.717) is 36.3 Å². The first kappa shape index (κ1) is 13.5. The van der Waals surface area contributed by atoms with Crippen LogP contribution >= 0.6 is 0 Å². The molecule has 0 saturated carbocycles. The standard InChI is InChI=1S/C14H16N4O3/c1-8-6-12-15-7-10(9(2)18(12)16-8)13(19)17-5-3-4-11(17)14(20)21/h6-7,11H,3-5H2,1-2H3,(H,20,21). The third-order valence-electron chi connectivity index (χ3n) is 3.88. The second-order valence-electron chi connectivity index (χ2n) is 5.31. The molecule has 0 bridgehead atoms. The Kier molecular flexibility index (Phi) is 3.12. The summed E-state index contributed by atoms with van der Waals surface area (Å²) < 4.78 is 1.62. The Hall–Kier alpha value is -2.44. The third kappa shape index (κ3) is 2.14. The van der Waals surface area contributed by atoms with E-state index >= 15 is 0 Å². The Morgan fingerprint density at radius 3 is 2.86 bits per heavy atom. The number of likely N-dealkylation sites (tertiary alicyclic amines) is 1. The molecule has 1 fully saturated rings. The molecular formula is C14H16N4O3. The minimum absolute atomic E-state index is 0.292. The highest BCUT2D eigenvalue weighted by molar-refractivity contribution is 5.97. The van der Waals surface area contributed by atoms with Crippen LogP contribution in [0.4, 0.5) is 0 Å². The monoisotopic (exact) mass is 288 g/mol. The number of rotatable bonds is 2. The number of carboxylic acids is 1. The van der Waals surface area contributed by atoms with Gasteiger partial charge in [-0.1, -0.05) is 0 Å². The second-order valence-corrected chi connectivity index (χ2v) is 5.31. The third-order valence-corrected chi connectivity index (χ3v) is 3.88. The normalized spacial score (nSPS) is 18.4. The van der Waals surface area contributed by atoms with Gasteiger partial charge in [0.05, 0.1) is 17.0 Å². The molecule has 2 aromatic rings. The van der Waals surface area contributed by atoms with Gasteiger partial charge in [0.15, 0.2) is 5.65 Å². The van der Waals surface area contributed by atoms with Crippen molar-refractivity contribution in [3.8, 4) is 0 Å². The van der Waals surface area contributed by atoms with Crippen molar-refractivity contribution >= 4 is 17.5 Å². The fourth-order valence-corrected chi connectivity index (χ4v) is 2.79. The number of hydrogen-bond donors (Lipinski definition) is 1. The highest BCUT2D eigenvalue weighted by Gasteiger charge is 2.35. The maximum absolute atomic E-state index is 12.6. The van der Waals surface area contributed by atoms with Gasteiger partial charge in [-0.3, -0.25) is 4.79 Å². The lowest BCUT2D eigenvalue weighted by atomic mass is 10.2. The minimum Gasteiger partial charge on any atom is -0.480 e. The lowest BCUT2D eigenvalue weighted by Gasteiger charge is -2.22. The number of aliphatic carboxylic acids is 1. The van der Waals surface area contributed by atoms with Crippen molar-refractivity contribution < 1.29 is 14.7 Å². The lowest BCUT2D eigenvalue weighted by Crippen LogP contribution is -2.40. The molecule has 3 rings (SSSR count). The quantitative estimate of drug-likeness (QED) is 0.892. The number of aryl methyl sites for hydroxylation is 2. The van der Waals surface area contributed by atoms with Crippen LogP contribution in [0.1, 0.15) is 34.6 Å². The molecule has 110 valence electrons. The Bertz CT molecular complexity index is 737. The number of carbonyl (C=O) groups excluding carboxylic acids is 1. The van der Waals surface area contributed by atoms with Crippen LogP contribution in [0.2, 0.25) is 0 Å². The molecule has 1 atom stereocenters. The summed E-state index contributed by atoms with van der Waals surface area (Å²) >= 11 is 0. The summed E-state index contributed by atoms with van der Waals surface area (Å²) in [6.07, 6.45) is 2.71. The molecule has 0 radical (unpaired) electrons. The van der Waals surface area contributed by atoms with Crippen LogP contribution in [-0.4, -0.2) is 49.1 Å². The van der Waals surface area contributed by atoms with E-state index in [2.05, 4.69) is 10.1 Å². The minimum atomic E-state index is -0.956. The first-order chi connectivity index (χ1) is 9.99. The number of aromatic nitrogens is 3. The van der Waals surface area contributed by atoms with Crippen molar-refractivity contribution in [2.24, 2.45) is 0 Å². The molecule has 21 heavy (non-hydrogen) atoms. The van der Waals surface area contributed by atoms with Gasteiger partial charge in [-0.25, -0.2) is 14.3 Å². The highest BCUT2D eigenvalue weighted by atomic mass is 16.4. The summed E-state index contributed by atoms with van der Waals surface area (Å²) in [6, 6.07) is 1.09. The van der Waals surface area contributed by atoms with Crippen molar-refractivity contribution in [1.29, 1.82) is 0 Å². The van der Waals surface area contributed by atoms with E-state index in [1.165, 1.54) is 11.1 Å². The Labute approximate surface area is 121 Å². The number of fused-ring (bicyclic) bond motifs is 1. The van der Waals surface area contributed by atoms with Gasteiger partial charge in [0, 0.05) is 18.8 Å². The molecule has 1 amide bonds. The number of amides is 1. The van der Waals surface area contributed by atoms with E-state index in [0.717, 1.165) is 5.69 Å². The fraction of sp³-hybridized carbons (Fsp3) is 0.429. The van der Waals surface area contributed by atoms with Gasteiger partial charge < -0.3 is 10.0 Å². The summed E-state index contributed by atoms with van der Waals surface area (Å²) in [5.41, 5.74) is 2.57. The van der Waals surface area contributed by atoms with Crippen molar-refractivity contribution in [2.45, 2.75) is 32.7 Å². The largest absolute Gasteiger partial charge is 0.480 e. The molecule has 2 aromatic heterocycles. The zero-order valence-corrected chi connectivity index (χ0v) is 11.9. The molecule has 3 heterocycles. The Balaban J connectivity index is 2.01. The molecule has 7 heteroatoms. The zero-order chi connectivity index (χ0) is 15.1. The molecule has 1 aliphatic heterocycles. The van der Waals surface area contributed by atoms with E-state index in [1.54, 1.807) is 11.4 Å². The fourth-order valence-electron chi connectivity index (χ4n) is 2.79. The van der Waals surface area contributed by atoms with Crippen molar-refractivity contribution in [3.63, 3.8) is 0 Å². The molecule has 1 unspecified atom stereocenters. The van der Waals surface area contributed by atoms with Crippen molar-refractivity contribution in [3.05, 3.63) is 29.2 Å². The van der Waals surface area contributed by atoms with Gasteiger partial charge in [-0.2, -0.15) is 5.10 Å². The van der Waals surface area contributed by atoms with Gasteiger partial charge >= 0.3 is 5.97 Å². The summed E-state index contributed by atoms with van der Waals surface area (Å²) in [7, 11) is 0. The van der Waals surface area contributed by atoms with E-state index in [1.807, 2.05) is 13.0 Å². The summed E-state index contributed by atoms with van der Waals surface area (Å²) in [4.78, 5) is 29.5. The first-order valence-corrected chi connectivity index (χ1v) is 6.85. The number of hydrogen-bond acceptors (Lipinski definition) is 4. The topological polar surface area (TPSA) is 87.8 Å². The van der Waals surface area contributed by atoms with E-state index in [4.69, 9.17) is 0 Å². The number of carbonyl (C=O) groups is 2. The average molecular weight is 288 g/mol. The van der Waals surface area contributed by atoms with Crippen molar-refractivity contribution in [2.75, 3.05) is 6.54 Å². The molecule has 0 aliphatic carbocycles. The molecular weight excluding hydrogens is 272 g/mol. The predicted molar refractivity (Wildman–Crippen MR) is 74.2 cm³/mol. The van der Waals surface area contributed by atoms with Crippen LogP contribution in [0.3, 0.4) is 0 Å². The SMILES string of the molecule is Cc1cc2ncc(C(=O)N3CCCC3C(=O)O)c(C)n2n1. The van der Waals surface area contributed by atoms with Crippen LogP contribution in [0.15, 0.2) is 12.3 Å². The molecule has 1 N–H and O–H groups in total. The maximum Gasteiger partial charge on any atom is 0.326 e. The van der Waals surface area contributed by atoms with E-state index < -0.39 is 12.0 Å². The summed E-state index contributed by atoms with van der Waals surface area (Å²) in [5.74, 6) is -1.25. The summed E-state index contributed by atoms with van der Waals surface area (Å²) in [6.45, 7) is 4.11. The van der Waals surface area contributed by atoms with Crippen LogP contribution < -0.4 is 0 Å². The molecule has 0 aromatic carbocycles. The summed E-state index contributed by atoms with van der Waals surface area (Å²) in [5, 5.41) is 13.5. The molecule has 1 aliphatic rings. The van der Waals surface area contributed by atoms with E-state index in [-0.39, 0.29) is 5.91 Å². The zero-order valence-electron chi connectivity index (χ0n) is 11.9. The van der Waals surface area contributed by atoms with Crippen LogP contribution in [0.25, 0.3) is 5.65 Å². The number of nitrogens with zero attached hydrogens (tertiary/aromatic N) is 4. The first-order valence-electron chi connectivity index (χ1n) is 6.85. The Morgan fingerprint density at radius 1 is 1.38 bits per heavy atom. The lowest BCUT2D eigenvalue weighted by molar-refractivity contribution is -0.141. The predicted octanol–water partition coefficient (Wildman–Crippen LogP) is 1.04. The van der Waals surface area contributed by atoms with Gasteiger partial charge in [0.2, 0.25) is 0 Å². The molecule has 7 nitrogen and oxygen atoms in total. The average Bonchev–Trinajstić information content (AvgIpc) is 3.04. The van der Waals surface area contributed by atoms with Gasteiger partial charge in [0.1, 0.15) is 6.04 Å². The molecule has 0 spiro atoms.